The first-order valence-electron chi connectivity index (χ1n) is 8.35. The number of urea groups is 1. The van der Waals surface area contributed by atoms with Crippen LogP contribution in [0.3, 0.4) is 0 Å². The summed E-state index contributed by atoms with van der Waals surface area (Å²) >= 11 is 0. The molecule has 0 aromatic heterocycles. The lowest BCUT2D eigenvalue weighted by Gasteiger charge is -2.31. The van der Waals surface area contributed by atoms with Crippen molar-refractivity contribution in [1.82, 2.24) is 10.2 Å². The SMILES string of the molecule is CN(C)c1ccc(CCNC(=O)N(C)C2CCCCC2)cc1. The Hall–Kier alpha value is -1.71. The van der Waals surface area contributed by atoms with Crippen LogP contribution in [0.1, 0.15) is 37.7 Å². The molecule has 1 aromatic carbocycles. The molecule has 0 unspecified atom stereocenters. The van der Waals surface area contributed by atoms with Crippen LogP contribution in [0.15, 0.2) is 24.3 Å². The highest BCUT2D eigenvalue weighted by Gasteiger charge is 2.21. The number of nitrogens with one attached hydrogen (secondary N) is 1. The van der Waals surface area contributed by atoms with Crippen molar-refractivity contribution < 1.29 is 4.79 Å². The van der Waals surface area contributed by atoms with Gasteiger partial charge in [0, 0.05) is 39.4 Å². The third-order valence-corrected chi connectivity index (χ3v) is 4.59. The summed E-state index contributed by atoms with van der Waals surface area (Å²) in [5.41, 5.74) is 2.45. The van der Waals surface area contributed by atoms with Crippen LogP contribution in [0.25, 0.3) is 0 Å². The first kappa shape index (κ1) is 16.7. The van der Waals surface area contributed by atoms with Crippen LogP contribution in [-0.2, 0) is 6.42 Å². The molecule has 1 aromatic rings. The molecule has 0 saturated heterocycles. The minimum absolute atomic E-state index is 0.0665. The first-order valence-corrected chi connectivity index (χ1v) is 8.35. The quantitative estimate of drug-likeness (QED) is 0.906. The van der Waals surface area contributed by atoms with Crippen LogP contribution in [-0.4, -0.2) is 44.7 Å². The highest BCUT2D eigenvalue weighted by molar-refractivity contribution is 5.74. The van der Waals surface area contributed by atoms with E-state index in [9.17, 15) is 4.79 Å². The van der Waals surface area contributed by atoms with E-state index in [0.717, 1.165) is 19.3 Å². The van der Waals surface area contributed by atoms with Crippen molar-refractivity contribution in [3.8, 4) is 0 Å². The Labute approximate surface area is 134 Å². The molecule has 4 nitrogen and oxygen atoms in total. The molecule has 0 atom stereocenters. The second-order valence-electron chi connectivity index (χ2n) is 6.45. The molecule has 2 amide bonds. The van der Waals surface area contributed by atoms with Gasteiger partial charge < -0.3 is 15.1 Å². The molecule has 0 spiro atoms. The summed E-state index contributed by atoms with van der Waals surface area (Å²) in [4.78, 5) is 16.2. The van der Waals surface area contributed by atoms with Crippen LogP contribution in [0.4, 0.5) is 10.5 Å². The molecule has 1 saturated carbocycles. The number of amides is 2. The van der Waals surface area contributed by atoms with Gasteiger partial charge in [0.15, 0.2) is 0 Å². The monoisotopic (exact) mass is 303 g/mol. The smallest absolute Gasteiger partial charge is 0.317 e. The first-order chi connectivity index (χ1) is 10.6. The lowest BCUT2D eigenvalue weighted by molar-refractivity contribution is 0.174. The van der Waals surface area contributed by atoms with Crippen molar-refractivity contribution in [2.75, 3.05) is 32.6 Å². The summed E-state index contributed by atoms with van der Waals surface area (Å²) in [5.74, 6) is 0. The van der Waals surface area contributed by atoms with Gasteiger partial charge in [-0.05, 0) is 37.0 Å². The number of carbonyl (C=O) groups excluding carboxylic acids is 1. The molecular weight excluding hydrogens is 274 g/mol. The maximum absolute atomic E-state index is 12.2. The minimum Gasteiger partial charge on any atom is -0.378 e. The van der Waals surface area contributed by atoms with Crippen molar-refractivity contribution in [1.29, 1.82) is 0 Å². The molecule has 0 aliphatic heterocycles. The molecular formula is C18H29N3O. The molecule has 2 rings (SSSR count). The van der Waals surface area contributed by atoms with Crippen molar-refractivity contribution in [2.45, 2.75) is 44.6 Å². The van der Waals surface area contributed by atoms with Gasteiger partial charge in [-0.15, -0.1) is 0 Å². The Bertz CT molecular complexity index is 464. The molecule has 0 heterocycles. The normalized spacial score (nSPS) is 15.4. The molecule has 0 bridgehead atoms. The molecule has 1 aliphatic rings. The molecule has 0 radical (unpaired) electrons. The van der Waals surface area contributed by atoms with Crippen LogP contribution in [0.5, 0.6) is 0 Å². The van der Waals surface area contributed by atoms with Crippen LogP contribution < -0.4 is 10.2 Å². The highest BCUT2D eigenvalue weighted by atomic mass is 16.2. The highest BCUT2D eigenvalue weighted by Crippen LogP contribution is 2.21. The van der Waals surface area contributed by atoms with Crippen molar-refractivity contribution >= 4 is 11.7 Å². The van der Waals surface area contributed by atoms with E-state index in [0.29, 0.717) is 12.6 Å². The molecule has 1 N–H and O–H groups in total. The average Bonchev–Trinajstić information content (AvgIpc) is 2.55. The fourth-order valence-corrected chi connectivity index (χ4v) is 3.03. The average molecular weight is 303 g/mol. The number of carbonyl (C=O) groups is 1. The van der Waals surface area contributed by atoms with E-state index < -0.39 is 0 Å². The number of rotatable bonds is 5. The van der Waals surface area contributed by atoms with Gasteiger partial charge in [0.25, 0.3) is 0 Å². The largest absolute Gasteiger partial charge is 0.378 e. The summed E-state index contributed by atoms with van der Waals surface area (Å²) in [6.07, 6.45) is 6.99. The van der Waals surface area contributed by atoms with Gasteiger partial charge in [-0.25, -0.2) is 4.79 Å². The van der Waals surface area contributed by atoms with Gasteiger partial charge >= 0.3 is 6.03 Å². The third-order valence-electron chi connectivity index (χ3n) is 4.59. The molecule has 1 fully saturated rings. The Kier molecular flexibility index (Phi) is 6.10. The van der Waals surface area contributed by atoms with E-state index in [1.807, 2.05) is 26.0 Å². The van der Waals surface area contributed by atoms with E-state index in [4.69, 9.17) is 0 Å². The van der Waals surface area contributed by atoms with Crippen molar-refractivity contribution in [3.05, 3.63) is 29.8 Å². The van der Waals surface area contributed by atoms with Gasteiger partial charge in [0.2, 0.25) is 0 Å². The van der Waals surface area contributed by atoms with Crippen LogP contribution in [0, 0.1) is 0 Å². The predicted octanol–water partition coefficient (Wildman–Crippen LogP) is 3.27. The second-order valence-corrected chi connectivity index (χ2v) is 6.45. The van der Waals surface area contributed by atoms with Gasteiger partial charge in [-0.1, -0.05) is 31.4 Å². The van der Waals surface area contributed by atoms with Gasteiger partial charge in [-0.3, -0.25) is 0 Å². The number of hydrogen-bond donors (Lipinski definition) is 1. The van der Waals surface area contributed by atoms with Crippen LogP contribution >= 0.6 is 0 Å². The summed E-state index contributed by atoms with van der Waals surface area (Å²) in [6.45, 7) is 0.692. The molecule has 122 valence electrons. The van der Waals surface area contributed by atoms with E-state index in [2.05, 4.69) is 34.5 Å². The van der Waals surface area contributed by atoms with E-state index in [1.165, 1.54) is 30.5 Å². The lowest BCUT2D eigenvalue weighted by atomic mass is 9.95. The standard InChI is InChI=1S/C18H29N3O/c1-20(2)16-11-9-15(10-12-16)13-14-19-18(22)21(3)17-7-5-4-6-8-17/h9-12,17H,4-8,13-14H2,1-3H3,(H,19,22). The second kappa shape index (κ2) is 8.06. The van der Waals surface area contributed by atoms with Crippen molar-refractivity contribution in [2.24, 2.45) is 0 Å². The summed E-state index contributed by atoms with van der Waals surface area (Å²) < 4.78 is 0. The zero-order valence-corrected chi connectivity index (χ0v) is 14.1. The Morgan fingerprint density at radius 2 is 1.73 bits per heavy atom. The topological polar surface area (TPSA) is 35.6 Å². The van der Waals surface area contributed by atoms with Crippen molar-refractivity contribution in [3.63, 3.8) is 0 Å². The minimum atomic E-state index is 0.0665. The summed E-state index contributed by atoms with van der Waals surface area (Å²) in [5, 5.41) is 3.04. The van der Waals surface area contributed by atoms with Gasteiger partial charge in [-0.2, -0.15) is 0 Å². The lowest BCUT2D eigenvalue weighted by Crippen LogP contribution is -2.44. The summed E-state index contributed by atoms with van der Waals surface area (Å²) in [6, 6.07) is 8.99. The summed E-state index contributed by atoms with van der Waals surface area (Å²) in [7, 11) is 6.00. The molecule has 22 heavy (non-hydrogen) atoms. The number of nitrogens with zero attached hydrogens (tertiary/aromatic N) is 2. The van der Waals surface area contributed by atoms with Gasteiger partial charge in [0.1, 0.15) is 0 Å². The fraction of sp³-hybridized carbons (Fsp3) is 0.611. The third kappa shape index (κ3) is 4.65. The Morgan fingerprint density at radius 3 is 2.32 bits per heavy atom. The Morgan fingerprint density at radius 1 is 1.09 bits per heavy atom. The fourth-order valence-electron chi connectivity index (χ4n) is 3.03. The molecule has 4 heteroatoms. The zero-order valence-electron chi connectivity index (χ0n) is 14.1. The van der Waals surface area contributed by atoms with E-state index >= 15 is 0 Å². The van der Waals surface area contributed by atoms with Crippen LogP contribution in [0.2, 0.25) is 0 Å². The molecule has 1 aliphatic carbocycles. The van der Waals surface area contributed by atoms with E-state index in [-0.39, 0.29) is 6.03 Å². The maximum Gasteiger partial charge on any atom is 0.317 e. The van der Waals surface area contributed by atoms with E-state index in [1.54, 1.807) is 0 Å². The number of anilines is 1. The Balaban J connectivity index is 1.74. The number of benzene rings is 1. The maximum atomic E-state index is 12.2. The zero-order chi connectivity index (χ0) is 15.9. The predicted molar refractivity (Wildman–Crippen MR) is 92.5 cm³/mol. The van der Waals surface area contributed by atoms with Gasteiger partial charge in [0.05, 0.1) is 0 Å². The number of hydrogen-bond acceptors (Lipinski definition) is 2.